The molecule has 0 radical (unpaired) electrons. The van der Waals surface area contributed by atoms with E-state index in [-0.39, 0.29) is 42.3 Å². The summed E-state index contributed by atoms with van der Waals surface area (Å²) >= 11 is 0. The number of halogens is 2. The van der Waals surface area contributed by atoms with Crippen molar-refractivity contribution >= 4 is 27.6 Å². The van der Waals surface area contributed by atoms with Crippen LogP contribution in [0.5, 0.6) is 5.75 Å². The van der Waals surface area contributed by atoms with Gasteiger partial charge in [-0.15, -0.1) is 0 Å². The van der Waals surface area contributed by atoms with Crippen LogP contribution in [0.2, 0.25) is 0 Å². The number of ketones is 1. The summed E-state index contributed by atoms with van der Waals surface area (Å²) in [5, 5.41) is 2.49. The lowest BCUT2D eigenvalue weighted by Crippen LogP contribution is -2.52. The molecule has 10 nitrogen and oxygen atoms in total. The fourth-order valence-electron chi connectivity index (χ4n) is 4.74. The van der Waals surface area contributed by atoms with Gasteiger partial charge in [0.25, 0.3) is 15.9 Å². The van der Waals surface area contributed by atoms with Crippen LogP contribution >= 0.6 is 0 Å². The highest BCUT2D eigenvalue weighted by Crippen LogP contribution is 2.34. The molecule has 2 aromatic rings. The van der Waals surface area contributed by atoms with Gasteiger partial charge in [0.05, 0.1) is 12.6 Å². The maximum atomic E-state index is 13.5. The fraction of sp³-hybridized carbons (Fsp3) is 0.417. The van der Waals surface area contributed by atoms with Crippen LogP contribution in [-0.2, 0) is 19.6 Å². The standard InChI is InChI=1S/C24H26F2N4O6S/c1-2-5-17(28-22(32)15-7-9-16(10-8-15)36-24(25)26)23(33)29-13-11-18-21(29)19(31)14-30(18)37(34,35)20-6-3-4-12-27-20/h3-4,6-10,12,17-18,21,24H,2,5,11,13-14H2,1H3,(H,28,32). The van der Waals surface area contributed by atoms with Crippen LogP contribution in [0.25, 0.3) is 0 Å². The summed E-state index contributed by atoms with van der Waals surface area (Å²) in [5.41, 5.74) is 0.138. The summed E-state index contributed by atoms with van der Waals surface area (Å²) in [6, 6.07) is 6.88. The molecule has 1 aromatic carbocycles. The van der Waals surface area contributed by atoms with E-state index < -0.39 is 52.4 Å². The summed E-state index contributed by atoms with van der Waals surface area (Å²) in [7, 11) is -4.04. The average molecular weight is 537 g/mol. The number of alkyl halides is 2. The number of amides is 2. The normalized spacial score (nSPS) is 20.6. The first-order chi connectivity index (χ1) is 17.6. The maximum Gasteiger partial charge on any atom is 0.387 e. The molecule has 1 N–H and O–H groups in total. The highest BCUT2D eigenvalue weighted by atomic mass is 32.2. The van der Waals surface area contributed by atoms with Crippen LogP contribution in [0.1, 0.15) is 36.5 Å². The van der Waals surface area contributed by atoms with E-state index in [1.807, 2.05) is 6.92 Å². The van der Waals surface area contributed by atoms with E-state index >= 15 is 0 Å². The zero-order valence-electron chi connectivity index (χ0n) is 19.9. The van der Waals surface area contributed by atoms with Gasteiger partial charge in [0.2, 0.25) is 5.91 Å². The fourth-order valence-corrected chi connectivity index (χ4v) is 6.30. The lowest BCUT2D eigenvalue weighted by atomic mass is 10.1. The third-order valence-electron chi connectivity index (χ3n) is 6.39. The zero-order chi connectivity index (χ0) is 26.7. The van der Waals surface area contributed by atoms with Crippen molar-refractivity contribution in [2.75, 3.05) is 13.1 Å². The SMILES string of the molecule is CCCC(NC(=O)c1ccc(OC(F)F)cc1)C(=O)N1CCC2C1C(=O)CN2S(=O)(=O)c1ccccn1. The molecule has 0 spiro atoms. The first-order valence-electron chi connectivity index (χ1n) is 11.7. The minimum absolute atomic E-state index is 0.110. The van der Waals surface area contributed by atoms with E-state index in [2.05, 4.69) is 15.0 Å². The molecule has 1 aromatic heterocycles. The van der Waals surface area contributed by atoms with Gasteiger partial charge in [-0.05, 0) is 49.2 Å². The van der Waals surface area contributed by atoms with Crippen LogP contribution in [0.3, 0.4) is 0 Å². The Kier molecular flexibility index (Phi) is 7.83. The number of rotatable bonds is 9. The number of pyridine rings is 1. The number of ether oxygens (including phenoxy) is 1. The third kappa shape index (κ3) is 5.47. The largest absolute Gasteiger partial charge is 0.435 e. The number of nitrogens with zero attached hydrogens (tertiary/aromatic N) is 3. The number of likely N-dealkylation sites (tertiary alicyclic amines) is 1. The van der Waals surface area contributed by atoms with E-state index in [0.717, 1.165) is 4.31 Å². The molecule has 2 aliphatic rings. The minimum Gasteiger partial charge on any atom is -0.435 e. The number of Topliss-reactive ketones (excluding diaryl/α,β-unsaturated/α-hetero) is 1. The second-order valence-corrected chi connectivity index (χ2v) is 10.6. The molecule has 0 saturated carbocycles. The van der Waals surface area contributed by atoms with Crippen molar-refractivity contribution in [3.05, 3.63) is 54.2 Å². The van der Waals surface area contributed by atoms with E-state index in [4.69, 9.17) is 0 Å². The topological polar surface area (TPSA) is 126 Å². The summed E-state index contributed by atoms with van der Waals surface area (Å²) < 4.78 is 56.3. The van der Waals surface area contributed by atoms with Crippen molar-refractivity contribution in [2.24, 2.45) is 0 Å². The summed E-state index contributed by atoms with van der Waals surface area (Å²) in [6.45, 7) is -1.37. The smallest absolute Gasteiger partial charge is 0.387 e. The van der Waals surface area contributed by atoms with Crippen molar-refractivity contribution < 1.29 is 36.3 Å². The quantitative estimate of drug-likeness (QED) is 0.518. The molecule has 4 rings (SSSR count). The van der Waals surface area contributed by atoms with E-state index in [1.54, 1.807) is 6.07 Å². The first-order valence-corrected chi connectivity index (χ1v) is 13.2. The van der Waals surface area contributed by atoms with Crippen molar-refractivity contribution in [2.45, 2.75) is 55.9 Å². The van der Waals surface area contributed by atoms with E-state index in [1.165, 1.54) is 47.5 Å². The van der Waals surface area contributed by atoms with Crippen LogP contribution < -0.4 is 10.1 Å². The van der Waals surface area contributed by atoms with Gasteiger partial charge in [-0.25, -0.2) is 13.4 Å². The Hall–Kier alpha value is -3.45. The molecule has 0 aliphatic carbocycles. The maximum absolute atomic E-state index is 13.5. The number of carbonyl (C=O) groups is 3. The molecular weight excluding hydrogens is 510 g/mol. The molecule has 3 heterocycles. The zero-order valence-corrected chi connectivity index (χ0v) is 20.7. The van der Waals surface area contributed by atoms with Crippen molar-refractivity contribution in [1.82, 2.24) is 19.5 Å². The molecule has 2 aliphatic heterocycles. The Bertz CT molecular complexity index is 1260. The molecule has 0 bridgehead atoms. The molecule has 2 saturated heterocycles. The van der Waals surface area contributed by atoms with Gasteiger partial charge < -0.3 is 15.0 Å². The second kappa shape index (κ2) is 10.9. The van der Waals surface area contributed by atoms with Gasteiger partial charge in [0, 0.05) is 18.3 Å². The van der Waals surface area contributed by atoms with Gasteiger partial charge in [0.1, 0.15) is 17.8 Å². The number of sulfonamides is 1. The highest BCUT2D eigenvalue weighted by Gasteiger charge is 2.54. The Balaban J connectivity index is 1.48. The van der Waals surface area contributed by atoms with Crippen LogP contribution in [0, 0.1) is 0 Å². The predicted octanol–water partition coefficient (Wildman–Crippen LogP) is 1.82. The first kappa shape index (κ1) is 26.6. The number of nitrogens with one attached hydrogen (secondary N) is 1. The number of hydrogen-bond acceptors (Lipinski definition) is 7. The molecule has 2 fully saturated rings. The van der Waals surface area contributed by atoms with Gasteiger partial charge in [-0.2, -0.15) is 13.1 Å². The Morgan fingerprint density at radius 1 is 1.19 bits per heavy atom. The van der Waals surface area contributed by atoms with Crippen molar-refractivity contribution in [3.8, 4) is 5.75 Å². The predicted molar refractivity (Wildman–Crippen MR) is 126 cm³/mol. The monoisotopic (exact) mass is 536 g/mol. The molecule has 3 unspecified atom stereocenters. The van der Waals surface area contributed by atoms with Crippen molar-refractivity contribution in [3.63, 3.8) is 0 Å². The van der Waals surface area contributed by atoms with E-state index in [0.29, 0.717) is 6.42 Å². The van der Waals surface area contributed by atoms with Crippen LogP contribution in [0.15, 0.2) is 53.7 Å². The molecule has 2 amide bonds. The Morgan fingerprint density at radius 3 is 2.54 bits per heavy atom. The van der Waals surface area contributed by atoms with Gasteiger partial charge in [0.15, 0.2) is 10.8 Å². The van der Waals surface area contributed by atoms with Crippen LogP contribution in [-0.4, -0.2) is 78.0 Å². The third-order valence-corrected chi connectivity index (χ3v) is 8.18. The number of benzene rings is 1. The summed E-state index contributed by atoms with van der Waals surface area (Å²) in [5.74, 6) is -1.58. The second-order valence-electron chi connectivity index (χ2n) is 8.73. The number of carbonyl (C=O) groups excluding carboxylic acids is 3. The molecular formula is C24H26F2N4O6S. The highest BCUT2D eigenvalue weighted by molar-refractivity contribution is 7.89. The van der Waals surface area contributed by atoms with Gasteiger partial charge in [-0.1, -0.05) is 19.4 Å². The molecule has 3 atom stereocenters. The lowest BCUT2D eigenvalue weighted by molar-refractivity contribution is -0.138. The van der Waals surface area contributed by atoms with Gasteiger partial charge >= 0.3 is 6.61 Å². The molecule has 37 heavy (non-hydrogen) atoms. The number of aromatic nitrogens is 1. The Labute approximate surface area is 212 Å². The lowest BCUT2D eigenvalue weighted by Gasteiger charge is -2.28. The minimum atomic E-state index is -4.04. The number of fused-ring (bicyclic) bond motifs is 1. The Morgan fingerprint density at radius 2 is 1.92 bits per heavy atom. The van der Waals surface area contributed by atoms with Crippen LogP contribution in [0.4, 0.5) is 8.78 Å². The molecule has 198 valence electrons. The van der Waals surface area contributed by atoms with Gasteiger partial charge in [-0.3, -0.25) is 14.4 Å². The molecule has 13 heteroatoms. The summed E-state index contributed by atoms with van der Waals surface area (Å²) in [4.78, 5) is 44.4. The van der Waals surface area contributed by atoms with E-state index in [9.17, 15) is 31.6 Å². The van der Waals surface area contributed by atoms with Crippen molar-refractivity contribution in [1.29, 1.82) is 0 Å². The summed E-state index contributed by atoms with van der Waals surface area (Å²) in [6.07, 6.45) is 2.46. The average Bonchev–Trinajstić information content (AvgIpc) is 3.45. The number of hydrogen-bond donors (Lipinski definition) is 1.